The molecule has 0 aliphatic carbocycles. The summed E-state index contributed by atoms with van der Waals surface area (Å²) in [6.07, 6.45) is 0. The molecule has 0 spiro atoms. The van der Waals surface area contributed by atoms with Crippen LogP contribution in [0.1, 0.15) is 6.92 Å². The number of amides is 1. The van der Waals surface area contributed by atoms with Crippen LogP contribution in [0.4, 0.5) is 10.1 Å². The van der Waals surface area contributed by atoms with E-state index in [1.165, 1.54) is 18.2 Å². The monoisotopic (exact) mass is 230 g/mol. The number of nitrogens with two attached hydrogens (primary N) is 1. The lowest BCUT2D eigenvalue weighted by Crippen LogP contribution is -2.26. The molecule has 1 aromatic rings. The number of rotatable bonds is 4. The Balaban J connectivity index is 2.65. The molecule has 0 saturated heterocycles. The zero-order chi connectivity index (χ0) is 11.4. The minimum absolute atomic E-state index is 0.274. The Morgan fingerprint density at radius 1 is 1.67 bits per heavy atom. The third-order valence-corrected chi connectivity index (χ3v) is 2.25. The van der Waals surface area contributed by atoms with Gasteiger partial charge < -0.3 is 11.1 Å². The topological polar surface area (TPSA) is 55.1 Å². The maximum Gasteiger partial charge on any atom is 0.222 e. The van der Waals surface area contributed by atoms with Crippen molar-refractivity contribution in [3.8, 4) is 0 Å². The first kappa shape index (κ1) is 11.8. The van der Waals surface area contributed by atoms with Gasteiger partial charge in [0.05, 0.1) is 11.6 Å². The Kier molecular flexibility index (Phi) is 3.91. The SMILES string of the molecule is CC(CNc1cc(Cl)ccc1F)C(N)=O. The molecular formula is C10H12ClFN2O. The number of anilines is 1. The number of hydrogen-bond acceptors (Lipinski definition) is 2. The maximum atomic E-state index is 13.2. The van der Waals surface area contributed by atoms with E-state index in [1.54, 1.807) is 6.92 Å². The number of halogens is 2. The van der Waals surface area contributed by atoms with E-state index in [1.807, 2.05) is 0 Å². The van der Waals surface area contributed by atoms with Gasteiger partial charge >= 0.3 is 0 Å². The number of carbonyl (C=O) groups is 1. The number of nitrogens with one attached hydrogen (secondary N) is 1. The van der Waals surface area contributed by atoms with E-state index in [0.717, 1.165) is 0 Å². The van der Waals surface area contributed by atoms with E-state index in [2.05, 4.69) is 5.32 Å². The third kappa shape index (κ3) is 3.40. The predicted octanol–water partition coefficient (Wildman–Crippen LogP) is 2.01. The molecule has 0 radical (unpaired) electrons. The van der Waals surface area contributed by atoms with Crippen LogP contribution in [0, 0.1) is 11.7 Å². The predicted molar refractivity (Wildman–Crippen MR) is 58.3 cm³/mol. The van der Waals surface area contributed by atoms with Crippen molar-refractivity contribution in [3.63, 3.8) is 0 Å². The molecule has 0 aliphatic heterocycles. The number of primary amides is 1. The summed E-state index contributed by atoms with van der Waals surface area (Å²) in [4.78, 5) is 10.7. The largest absolute Gasteiger partial charge is 0.382 e. The zero-order valence-electron chi connectivity index (χ0n) is 8.26. The Morgan fingerprint density at radius 3 is 2.93 bits per heavy atom. The van der Waals surface area contributed by atoms with Crippen LogP contribution in [0.25, 0.3) is 0 Å². The van der Waals surface area contributed by atoms with Crippen molar-refractivity contribution in [2.45, 2.75) is 6.92 Å². The van der Waals surface area contributed by atoms with Gasteiger partial charge in [-0.05, 0) is 18.2 Å². The molecule has 0 saturated carbocycles. The van der Waals surface area contributed by atoms with Gasteiger partial charge in [-0.15, -0.1) is 0 Å². The second-order valence-electron chi connectivity index (χ2n) is 3.31. The van der Waals surface area contributed by atoms with E-state index < -0.39 is 11.7 Å². The van der Waals surface area contributed by atoms with Crippen LogP contribution in [-0.4, -0.2) is 12.5 Å². The number of benzene rings is 1. The first-order valence-corrected chi connectivity index (χ1v) is 4.86. The molecule has 0 heterocycles. The summed E-state index contributed by atoms with van der Waals surface area (Å²) in [5, 5.41) is 3.21. The van der Waals surface area contributed by atoms with Gasteiger partial charge in [0.15, 0.2) is 0 Å². The van der Waals surface area contributed by atoms with Gasteiger partial charge in [0.2, 0.25) is 5.91 Å². The Labute approximate surface area is 92.4 Å². The van der Waals surface area contributed by atoms with Gasteiger partial charge in [0.25, 0.3) is 0 Å². The first-order chi connectivity index (χ1) is 7.00. The fraction of sp³-hybridized carbons (Fsp3) is 0.300. The molecule has 1 amide bonds. The quantitative estimate of drug-likeness (QED) is 0.832. The van der Waals surface area contributed by atoms with Gasteiger partial charge in [0, 0.05) is 11.6 Å². The lowest BCUT2D eigenvalue weighted by Gasteiger charge is -2.11. The molecule has 0 fully saturated rings. The van der Waals surface area contributed by atoms with E-state index in [9.17, 15) is 9.18 Å². The third-order valence-electron chi connectivity index (χ3n) is 2.01. The van der Waals surface area contributed by atoms with Gasteiger partial charge in [-0.1, -0.05) is 18.5 Å². The molecule has 1 atom stereocenters. The van der Waals surface area contributed by atoms with E-state index in [-0.39, 0.29) is 18.2 Å². The van der Waals surface area contributed by atoms with E-state index in [0.29, 0.717) is 5.02 Å². The van der Waals surface area contributed by atoms with Gasteiger partial charge in [0.1, 0.15) is 5.82 Å². The number of hydrogen-bond donors (Lipinski definition) is 2. The van der Waals surface area contributed by atoms with Crippen molar-refractivity contribution in [2.24, 2.45) is 11.7 Å². The van der Waals surface area contributed by atoms with Crippen molar-refractivity contribution in [1.29, 1.82) is 0 Å². The number of carbonyl (C=O) groups excluding carboxylic acids is 1. The van der Waals surface area contributed by atoms with Crippen molar-refractivity contribution in [2.75, 3.05) is 11.9 Å². The second-order valence-corrected chi connectivity index (χ2v) is 3.74. The molecule has 1 rings (SSSR count). The second kappa shape index (κ2) is 4.98. The standard InChI is InChI=1S/C10H12ClFN2O/c1-6(10(13)15)5-14-9-4-7(11)2-3-8(9)12/h2-4,6,14H,5H2,1H3,(H2,13,15). The smallest absolute Gasteiger partial charge is 0.222 e. The molecular weight excluding hydrogens is 219 g/mol. The highest BCUT2D eigenvalue weighted by Crippen LogP contribution is 2.19. The average Bonchev–Trinajstić information content (AvgIpc) is 2.18. The first-order valence-electron chi connectivity index (χ1n) is 4.49. The highest BCUT2D eigenvalue weighted by atomic mass is 35.5. The van der Waals surface area contributed by atoms with E-state index in [4.69, 9.17) is 17.3 Å². The van der Waals surface area contributed by atoms with Gasteiger partial charge in [-0.2, -0.15) is 0 Å². The molecule has 3 N–H and O–H groups in total. The van der Waals surface area contributed by atoms with Crippen molar-refractivity contribution < 1.29 is 9.18 Å². The molecule has 0 aliphatic rings. The molecule has 15 heavy (non-hydrogen) atoms. The minimum atomic E-state index is -0.426. The van der Waals surface area contributed by atoms with Crippen LogP contribution in [-0.2, 0) is 4.79 Å². The molecule has 1 aromatic carbocycles. The molecule has 1 unspecified atom stereocenters. The van der Waals surface area contributed by atoms with Gasteiger partial charge in [-0.25, -0.2) is 4.39 Å². The summed E-state index contributed by atoms with van der Waals surface area (Å²) in [5.74, 6) is -1.19. The summed E-state index contributed by atoms with van der Waals surface area (Å²) in [6, 6.07) is 4.18. The summed E-state index contributed by atoms with van der Waals surface area (Å²) >= 11 is 5.70. The van der Waals surface area contributed by atoms with Crippen LogP contribution < -0.4 is 11.1 Å². The van der Waals surface area contributed by atoms with Crippen LogP contribution in [0.2, 0.25) is 5.02 Å². The highest BCUT2D eigenvalue weighted by molar-refractivity contribution is 6.30. The average molecular weight is 231 g/mol. The normalized spacial score (nSPS) is 12.2. The lowest BCUT2D eigenvalue weighted by molar-refractivity contribution is -0.120. The lowest BCUT2D eigenvalue weighted by atomic mass is 10.1. The van der Waals surface area contributed by atoms with Crippen molar-refractivity contribution in [3.05, 3.63) is 29.0 Å². The summed E-state index contributed by atoms with van der Waals surface area (Å²) in [6.45, 7) is 1.95. The van der Waals surface area contributed by atoms with E-state index >= 15 is 0 Å². The fourth-order valence-corrected chi connectivity index (χ4v) is 1.17. The van der Waals surface area contributed by atoms with Crippen LogP contribution in [0.3, 0.4) is 0 Å². The van der Waals surface area contributed by atoms with Crippen LogP contribution in [0.15, 0.2) is 18.2 Å². The zero-order valence-corrected chi connectivity index (χ0v) is 9.01. The fourth-order valence-electron chi connectivity index (χ4n) is 0.997. The molecule has 0 bridgehead atoms. The summed E-state index contributed by atoms with van der Waals surface area (Å²) < 4.78 is 13.2. The Bertz CT molecular complexity index is 370. The summed E-state index contributed by atoms with van der Waals surface area (Å²) in [7, 11) is 0. The van der Waals surface area contributed by atoms with Gasteiger partial charge in [-0.3, -0.25) is 4.79 Å². The molecule has 0 aromatic heterocycles. The van der Waals surface area contributed by atoms with Crippen molar-refractivity contribution in [1.82, 2.24) is 0 Å². The minimum Gasteiger partial charge on any atom is -0.382 e. The molecule has 3 nitrogen and oxygen atoms in total. The molecule has 5 heteroatoms. The summed E-state index contributed by atoms with van der Waals surface area (Å²) in [5.41, 5.74) is 5.34. The molecule has 82 valence electrons. The Hall–Kier alpha value is -1.29. The highest BCUT2D eigenvalue weighted by Gasteiger charge is 2.09. The Morgan fingerprint density at radius 2 is 2.33 bits per heavy atom. The maximum absolute atomic E-state index is 13.2. The van der Waals surface area contributed by atoms with Crippen molar-refractivity contribution >= 4 is 23.2 Å². The van der Waals surface area contributed by atoms with Crippen LogP contribution >= 0.6 is 11.6 Å². The van der Waals surface area contributed by atoms with Crippen LogP contribution in [0.5, 0.6) is 0 Å².